The highest BCUT2D eigenvalue weighted by molar-refractivity contribution is 9.10. The van der Waals surface area contributed by atoms with Gasteiger partial charge in [-0.1, -0.05) is 11.6 Å². The molecule has 58 valence electrons. The van der Waals surface area contributed by atoms with Crippen LogP contribution in [-0.2, 0) is 0 Å². The van der Waals surface area contributed by atoms with Crippen molar-refractivity contribution < 1.29 is 9.59 Å². The summed E-state index contributed by atoms with van der Waals surface area (Å²) in [5.74, 6) is 0. The van der Waals surface area contributed by atoms with Gasteiger partial charge in [-0.3, -0.25) is 9.59 Å². The number of rotatable bonds is 2. The second-order valence-electron chi connectivity index (χ2n) is 1.69. The Hall–Kier alpha value is -0.190. The van der Waals surface area contributed by atoms with E-state index in [9.17, 15) is 9.59 Å². The van der Waals surface area contributed by atoms with Gasteiger partial charge in [0.05, 0.1) is 19.2 Å². The normalized spacial score (nSPS) is 9.64. The summed E-state index contributed by atoms with van der Waals surface area (Å²) in [4.78, 5) is 21.4. The Labute approximate surface area is 80.3 Å². The van der Waals surface area contributed by atoms with Crippen molar-refractivity contribution in [2.75, 3.05) is 0 Å². The molecule has 0 saturated heterocycles. The zero-order chi connectivity index (χ0) is 8.43. The summed E-state index contributed by atoms with van der Waals surface area (Å²) in [5, 5.41) is 0.312. The first-order chi connectivity index (χ1) is 5.20. The first-order valence-corrected chi connectivity index (χ1v) is 4.57. The van der Waals surface area contributed by atoms with Crippen LogP contribution in [0.2, 0.25) is 5.02 Å². The molecule has 2 nitrogen and oxygen atoms in total. The molecule has 0 aliphatic heterocycles. The minimum Gasteiger partial charge on any atom is -0.297 e. The first-order valence-electron chi connectivity index (χ1n) is 2.58. The summed E-state index contributed by atoms with van der Waals surface area (Å²) in [5.41, 5.74) is 0. The lowest BCUT2D eigenvalue weighted by Crippen LogP contribution is -1.70. The molecule has 1 aromatic heterocycles. The number of carbonyl (C=O) groups excluding carboxylic acids is 2. The van der Waals surface area contributed by atoms with E-state index in [4.69, 9.17) is 11.6 Å². The Kier molecular flexibility index (Phi) is 2.81. The van der Waals surface area contributed by atoms with Crippen molar-refractivity contribution in [2.45, 2.75) is 0 Å². The Morgan fingerprint density at radius 1 is 1.27 bits per heavy atom. The van der Waals surface area contributed by atoms with Crippen LogP contribution >= 0.6 is 38.9 Å². The summed E-state index contributed by atoms with van der Waals surface area (Å²) in [7, 11) is 0. The molecule has 0 spiro atoms. The zero-order valence-corrected chi connectivity index (χ0v) is 8.29. The summed E-state index contributed by atoms with van der Waals surface area (Å²) < 4.78 is 0.501. The number of hydrogen-bond acceptors (Lipinski definition) is 3. The minimum absolute atomic E-state index is 0.312. The quantitative estimate of drug-likeness (QED) is 0.760. The van der Waals surface area contributed by atoms with E-state index in [-0.39, 0.29) is 0 Å². The molecule has 1 rings (SSSR count). The molecule has 5 heteroatoms. The van der Waals surface area contributed by atoms with Crippen molar-refractivity contribution >= 4 is 51.4 Å². The van der Waals surface area contributed by atoms with Crippen molar-refractivity contribution in [3.63, 3.8) is 0 Å². The lowest BCUT2D eigenvalue weighted by molar-refractivity contribution is 0.111. The van der Waals surface area contributed by atoms with E-state index in [1.807, 2.05) is 0 Å². The summed E-state index contributed by atoms with van der Waals surface area (Å²) in [6.07, 6.45) is 1.29. The average molecular weight is 254 g/mol. The SMILES string of the molecule is O=Cc1sc(C=O)c(Br)c1Cl. The molecule has 0 amide bonds. The molecule has 0 radical (unpaired) electrons. The minimum atomic E-state index is 0.312. The molecule has 0 aliphatic rings. The fourth-order valence-corrected chi connectivity index (χ4v) is 2.29. The molecular formula is C6H2BrClO2S. The smallest absolute Gasteiger partial charge is 0.161 e. The van der Waals surface area contributed by atoms with E-state index in [0.29, 0.717) is 31.8 Å². The Morgan fingerprint density at radius 2 is 1.82 bits per heavy atom. The third kappa shape index (κ3) is 1.52. The van der Waals surface area contributed by atoms with Crippen molar-refractivity contribution in [1.29, 1.82) is 0 Å². The fourth-order valence-electron chi connectivity index (χ4n) is 0.576. The average Bonchev–Trinajstić information content (AvgIpc) is 2.30. The maximum absolute atomic E-state index is 10.3. The predicted octanol–water partition coefficient (Wildman–Crippen LogP) is 2.79. The molecular weight excluding hydrogens is 251 g/mol. The summed E-state index contributed by atoms with van der Waals surface area (Å²) >= 11 is 9.83. The van der Waals surface area contributed by atoms with Gasteiger partial charge in [0.15, 0.2) is 12.6 Å². The zero-order valence-electron chi connectivity index (χ0n) is 5.14. The van der Waals surface area contributed by atoms with Crippen LogP contribution in [0.4, 0.5) is 0 Å². The van der Waals surface area contributed by atoms with Crippen molar-refractivity contribution in [1.82, 2.24) is 0 Å². The Bertz CT molecular complexity index is 279. The van der Waals surface area contributed by atoms with Crippen LogP contribution in [0.5, 0.6) is 0 Å². The van der Waals surface area contributed by atoms with Crippen molar-refractivity contribution in [3.8, 4) is 0 Å². The van der Waals surface area contributed by atoms with E-state index in [1.165, 1.54) is 0 Å². The van der Waals surface area contributed by atoms with Gasteiger partial charge in [-0.25, -0.2) is 0 Å². The Balaban J connectivity index is 3.33. The van der Waals surface area contributed by atoms with Gasteiger partial charge in [-0.15, -0.1) is 11.3 Å². The predicted molar refractivity (Wildman–Crippen MR) is 47.8 cm³/mol. The number of hydrogen-bond donors (Lipinski definition) is 0. The topological polar surface area (TPSA) is 34.1 Å². The third-order valence-electron chi connectivity index (χ3n) is 1.06. The molecule has 11 heavy (non-hydrogen) atoms. The molecule has 0 saturated carbocycles. The van der Waals surface area contributed by atoms with E-state index >= 15 is 0 Å². The van der Waals surface area contributed by atoms with Gasteiger partial charge in [-0.05, 0) is 15.9 Å². The van der Waals surface area contributed by atoms with Crippen LogP contribution < -0.4 is 0 Å². The summed E-state index contributed by atoms with van der Waals surface area (Å²) in [6, 6.07) is 0. The van der Waals surface area contributed by atoms with Gasteiger partial charge in [0.2, 0.25) is 0 Å². The number of aldehydes is 2. The largest absolute Gasteiger partial charge is 0.297 e. The molecule has 0 atom stereocenters. The molecule has 1 heterocycles. The van der Waals surface area contributed by atoms with Crippen LogP contribution in [-0.4, -0.2) is 12.6 Å². The highest BCUT2D eigenvalue weighted by Crippen LogP contribution is 2.34. The lowest BCUT2D eigenvalue weighted by atomic mass is 10.4. The van der Waals surface area contributed by atoms with Gasteiger partial charge in [-0.2, -0.15) is 0 Å². The molecule has 0 fully saturated rings. The van der Waals surface area contributed by atoms with Gasteiger partial charge >= 0.3 is 0 Å². The molecule has 0 bridgehead atoms. The standard InChI is InChI=1S/C6H2BrClO2S/c7-5-3(1-9)11-4(2-10)6(5)8/h1-2H. The van der Waals surface area contributed by atoms with Crippen LogP contribution in [0.15, 0.2) is 4.47 Å². The fraction of sp³-hybridized carbons (Fsp3) is 0. The third-order valence-corrected chi connectivity index (χ3v) is 3.92. The first kappa shape index (κ1) is 8.90. The molecule has 0 aromatic carbocycles. The van der Waals surface area contributed by atoms with Crippen molar-refractivity contribution in [3.05, 3.63) is 19.2 Å². The second-order valence-corrected chi connectivity index (χ2v) is 3.95. The van der Waals surface area contributed by atoms with Crippen LogP contribution in [0, 0.1) is 0 Å². The maximum Gasteiger partial charge on any atom is 0.161 e. The van der Waals surface area contributed by atoms with E-state index in [1.54, 1.807) is 0 Å². The van der Waals surface area contributed by atoms with Crippen LogP contribution in [0.3, 0.4) is 0 Å². The van der Waals surface area contributed by atoms with Crippen molar-refractivity contribution in [2.24, 2.45) is 0 Å². The van der Waals surface area contributed by atoms with Gasteiger partial charge in [0.25, 0.3) is 0 Å². The number of halogens is 2. The molecule has 1 aromatic rings. The van der Waals surface area contributed by atoms with E-state index in [2.05, 4.69) is 15.9 Å². The molecule has 0 unspecified atom stereocenters. The van der Waals surface area contributed by atoms with E-state index in [0.717, 1.165) is 11.3 Å². The lowest BCUT2D eigenvalue weighted by Gasteiger charge is -1.82. The Morgan fingerprint density at radius 3 is 2.09 bits per heavy atom. The van der Waals surface area contributed by atoms with Gasteiger partial charge in [0, 0.05) is 0 Å². The van der Waals surface area contributed by atoms with Crippen LogP contribution in [0.25, 0.3) is 0 Å². The number of carbonyl (C=O) groups is 2. The van der Waals surface area contributed by atoms with Gasteiger partial charge in [0.1, 0.15) is 0 Å². The highest BCUT2D eigenvalue weighted by atomic mass is 79.9. The van der Waals surface area contributed by atoms with Crippen LogP contribution in [0.1, 0.15) is 19.3 Å². The second kappa shape index (κ2) is 3.47. The maximum atomic E-state index is 10.3. The van der Waals surface area contributed by atoms with Gasteiger partial charge < -0.3 is 0 Å². The molecule has 0 N–H and O–H groups in total. The monoisotopic (exact) mass is 252 g/mol. The summed E-state index contributed by atoms with van der Waals surface area (Å²) in [6.45, 7) is 0. The highest BCUT2D eigenvalue weighted by Gasteiger charge is 2.12. The number of thiophene rings is 1. The molecule has 0 aliphatic carbocycles. The van der Waals surface area contributed by atoms with E-state index < -0.39 is 0 Å².